The fourth-order valence-corrected chi connectivity index (χ4v) is 8.22. The van der Waals surface area contributed by atoms with Gasteiger partial charge in [0, 0.05) is 25.2 Å². The van der Waals surface area contributed by atoms with Crippen LogP contribution in [-0.2, 0) is 25.3 Å². The number of benzene rings is 3. The molecule has 1 amide bonds. The third kappa shape index (κ3) is 9.69. The molecule has 14 heteroatoms. The van der Waals surface area contributed by atoms with E-state index in [9.17, 15) is 45.3 Å². The highest BCUT2D eigenvalue weighted by Gasteiger charge is 2.37. The van der Waals surface area contributed by atoms with Gasteiger partial charge in [0.05, 0.1) is 34.7 Å². The van der Waals surface area contributed by atoms with Crippen LogP contribution in [0.2, 0.25) is 0 Å². The van der Waals surface area contributed by atoms with Gasteiger partial charge >= 0.3 is 12.4 Å². The molecule has 1 saturated heterocycles. The molecule has 1 heterocycles. The van der Waals surface area contributed by atoms with Crippen LogP contribution in [0.5, 0.6) is 0 Å². The normalized spacial score (nSPS) is 19.0. The zero-order valence-corrected chi connectivity index (χ0v) is 27.6. The zero-order chi connectivity index (χ0) is 35.4. The lowest BCUT2D eigenvalue weighted by molar-refractivity contribution is -0.143. The summed E-state index contributed by atoms with van der Waals surface area (Å²) in [4.78, 5) is 13.9. The summed E-state index contributed by atoms with van der Waals surface area (Å²) in [5.74, 6) is -0.0672. The standard InChI is InChI=1S/C35H41F6N3O4S/c36-34(37,38)28-14-24(15-29(20-28)35(39,40)41)21-42-22-32(45)31(16-23-8-2-1-3-9-23)43-33(46)27-17-26(25-10-4-5-11-25)18-30(19-27)44-12-6-7-13-49(44,47)48/h1-3,8-9,14-15,17-20,25,31-32,42,45,47-48H,4-7,10-13,16,21-22H2,(H,43,46)/t31-,32+/m0/s1. The average molecular weight is 714 g/mol. The van der Waals surface area contributed by atoms with Crippen LogP contribution in [0.3, 0.4) is 0 Å². The van der Waals surface area contributed by atoms with Gasteiger partial charge in [-0.05, 0) is 91.1 Å². The molecule has 0 aromatic heterocycles. The smallest absolute Gasteiger partial charge is 0.390 e. The molecule has 268 valence electrons. The van der Waals surface area contributed by atoms with Crippen molar-refractivity contribution in [2.24, 2.45) is 0 Å². The number of aliphatic hydroxyl groups excluding tert-OH is 1. The van der Waals surface area contributed by atoms with Crippen molar-refractivity contribution in [3.63, 3.8) is 0 Å². The second-order valence-electron chi connectivity index (χ2n) is 12.8. The Morgan fingerprint density at radius 2 is 1.51 bits per heavy atom. The largest absolute Gasteiger partial charge is 0.416 e. The number of aliphatic hydroxyl groups is 1. The molecular formula is C35H41F6N3O4S. The van der Waals surface area contributed by atoms with E-state index in [4.69, 9.17) is 0 Å². The maximum absolute atomic E-state index is 13.9. The van der Waals surface area contributed by atoms with Crippen LogP contribution in [0, 0.1) is 0 Å². The van der Waals surface area contributed by atoms with E-state index in [1.807, 2.05) is 6.07 Å². The fraction of sp³-hybridized carbons (Fsp3) is 0.457. The third-order valence-corrected chi connectivity index (χ3v) is 11.0. The second kappa shape index (κ2) is 15.3. The molecule has 0 bridgehead atoms. The van der Waals surface area contributed by atoms with Crippen molar-refractivity contribution < 1.29 is 45.3 Å². The number of carbonyl (C=O) groups excluding carboxylic acids is 1. The third-order valence-electron chi connectivity index (χ3n) is 9.11. The molecular weight excluding hydrogens is 672 g/mol. The zero-order valence-electron chi connectivity index (χ0n) is 26.7. The lowest BCUT2D eigenvalue weighted by Gasteiger charge is -2.47. The number of amides is 1. The van der Waals surface area contributed by atoms with E-state index in [0.29, 0.717) is 30.8 Å². The Morgan fingerprint density at radius 1 is 0.857 bits per heavy atom. The number of carbonyl (C=O) groups is 1. The molecule has 3 aromatic rings. The Hall–Kier alpha value is -3.30. The highest BCUT2D eigenvalue weighted by atomic mass is 32.3. The van der Waals surface area contributed by atoms with Crippen LogP contribution in [0.25, 0.3) is 0 Å². The number of nitrogens with zero attached hydrogens (tertiary/aromatic N) is 1. The first kappa shape index (κ1) is 37.0. The Kier molecular flexibility index (Phi) is 11.5. The number of halogens is 6. The van der Waals surface area contributed by atoms with Gasteiger partial charge in [-0.2, -0.15) is 26.3 Å². The summed E-state index contributed by atoms with van der Waals surface area (Å²) in [5, 5.41) is 16.9. The van der Waals surface area contributed by atoms with Crippen molar-refractivity contribution >= 4 is 22.4 Å². The van der Waals surface area contributed by atoms with Crippen molar-refractivity contribution in [1.82, 2.24) is 10.6 Å². The van der Waals surface area contributed by atoms with Gasteiger partial charge in [0.2, 0.25) is 0 Å². The van der Waals surface area contributed by atoms with Gasteiger partial charge in [-0.25, -0.2) is 0 Å². The first-order chi connectivity index (χ1) is 23.1. The van der Waals surface area contributed by atoms with E-state index in [2.05, 4.69) is 10.6 Å². The Labute approximate surface area is 283 Å². The second-order valence-corrected chi connectivity index (χ2v) is 14.9. The van der Waals surface area contributed by atoms with Crippen molar-refractivity contribution in [3.05, 3.63) is 100 Å². The van der Waals surface area contributed by atoms with Gasteiger partial charge in [0.25, 0.3) is 5.91 Å². The molecule has 7 nitrogen and oxygen atoms in total. The van der Waals surface area contributed by atoms with Crippen molar-refractivity contribution in [1.29, 1.82) is 0 Å². The summed E-state index contributed by atoms with van der Waals surface area (Å²) in [7, 11) is -3.06. The molecule has 0 unspecified atom stereocenters. The van der Waals surface area contributed by atoms with Gasteiger partial charge in [-0.3, -0.25) is 18.2 Å². The minimum absolute atomic E-state index is 0.0601. The summed E-state index contributed by atoms with van der Waals surface area (Å²) in [5.41, 5.74) is -0.614. The maximum atomic E-state index is 13.9. The van der Waals surface area contributed by atoms with Gasteiger partial charge in [-0.15, -0.1) is 10.8 Å². The molecule has 49 heavy (non-hydrogen) atoms. The molecule has 5 N–H and O–H groups in total. The van der Waals surface area contributed by atoms with Crippen LogP contribution in [0.15, 0.2) is 66.7 Å². The number of alkyl halides is 6. The van der Waals surface area contributed by atoms with E-state index in [0.717, 1.165) is 43.2 Å². The fourth-order valence-electron chi connectivity index (χ4n) is 6.54. The first-order valence-corrected chi connectivity index (χ1v) is 18.0. The predicted octanol–water partition coefficient (Wildman–Crippen LogP) is 8.14. The van der Waals surface area contributed by atoms with Crippen LogP contribution in [0.4, 0.5) is 32.0 Å². The Balaban J connectivity index is 1.37. The predicted molar refractivity (Wildman–Crippen MR) is 178 cm³/mol. The molecule has 1 aliphatic heterocycles. The summed E-state index contributed by atoms with van der Waals surface area (Å²) in [6, 6.07) is 14.7. The van der Waals surface area contributed by atoms with E-state index in [1.165, 1.54) is 0 Å². The summed E-state index contributed by atoms with van der Waals surface area (Å²) < 4.78 is 103. The number of hydrogen-bond donors (Lipinski definition) is 5. The topological polar surface area (TPSA) is 105 Å². The lowest BCUT2D eigenvalue weighted by atomic mass is 9.94. The van der Waals surface area contributed by atoms with Crippen LogP contribution >= 0.6 is 10.8 Å². The highest BCUT2D eigenvalue weighted by Crippen LogP contribution is 2.50. The number of rotatable bonds is 11. The minimum atomic E-state index is -4.99. The number of nitrogens with one attached hydrogen (secondary N) is 2. The highest BCUT2D eigenvalue weighted by molar-refractivity contribution is 8.25. The summed E-state index contributed by atoms with van der Waals surface area (Å²) in [6.45, 7) is -0.225. The SMILES string of the molecule is O=C(N[C@@H](Cc1ccccc1)[C@H](O)CNCc1cc(C(F)(F)F)cc(C(F)(F)F)c1)c1cc(C2CCCC2)cc(N2CCCCS2(O)O)c1. The van der Waals surface area contributed by atoms with Gasteiger partial charge in [0.15, 0.2) is 0 Å². The molecule has 0 radical (unpaired) electrons. The molecule has 3 aromatic carbocycles. The first-order valence-electron chi connectivity index (χ1n) is 16.3. The average Bonchev–Trinajstić information content (AvgIpc) is 3.59. The van der Waals surface area contributed by atoms with Gasteiger partial charge < -0.3 is 15.7 Å². The maximum Gasteiger partial charge on any atom is 0.416 e. The number of hydrogen-bond acceptors (Lipinski definition) is 6. The molecule has 1 saturated carbocycles. The molecule has 2 aliphatic rings. The van der Waals surface area contributed by atoms with Gasteiger partial charge in [-0.1, -0.05) is 43.2 Å². The Bertz CT molecular complexity index is 1550. The lowest BCUT2D eigenvalue weighted by Crippen LogP contribution is -2.48. The molecule has 5 rings (SSSR count). The van der Waals surface area contributed by atoms with Crippen LogP contribution in [0.1, 0.15) is 82.6 Å². The quantitative estimate of drug-likeness (QED) is 0.129. The molecule has 1 aliphatic carbocycles. The van der Waals surface area contributed by atoms with E-state index < -0.39 is 58.9 Å². The Morgan fingerprint density at radius 3 is 2.12 bits per heavy atom. The van der Waals surface area contributed by atoms with E-state index in [1.54, 1.807) is 46.8 Å². The minimum Gasteiger partial charge on any atom is -0.390 e. The van der Waals surface area contributed by atoms with E-state index in [-0.39, 0.29) is 41.8 Å². The van der Waals surface area contributed by atoms with Crippen molar-refractivity contribution in [3.8, 4) is 0 Å². The molecule has 0 spiro atoms. The van der Waals surface area contributed by atoms with E-state index >= 15 is 0 Å². The van der Waals surface area contributed by atoms with Crippen LogP contribution < -0.4 is 14.9 Å². The molecule has 2 fully saturated rings. The van der Waals surface area contributed by atoms with Crippen LogP contribution in [-0.4, -0.2) is 51.1 Å². The number of anilines is 1. The van der Waals surface area contributed by atoms with Crippen molar-refractivity contribution in [2.75, 3.05) is 23.1 Å². The van der Waals surface area contributed by atoms with Gasteiger partial charge in [0.1, 0.15) is 0 Å². The monoisotopic (exact) mass is 713 g/mol. The van der Waals surface area contributed by atoms with Crippen molar-refractivity contribution in [2.45, 2.75) is 81.9 Å². The molecule has 2 atom stereocenters. The summed E-state index contributed by atoms with van der Waals surface area (Å²) >= 11 is 0. The summed E-state index contributed by atoms with van der Waals surface area (Å²) in [6.07, 6.45) is -5.66.